The molecule has 0 saturated heterocycles. The van der Waals surface area contributed by atoms with Gasteiger partial charge in [0.05, 0.1) is 5.52 Å². The maximum absolute atomic E-state index is 14.8. The van der Waals surface area contributed by atoms with Crippen LogP contribution in [0.5, 0.6) is 0 Å². The number of hydrogen-bond acceptors (Lipinski definition) is 4. The van der Waals surface area contributed by atoms with Crippen molar-refractivity contribution in [1.82, 2.24) is 9.55 Å². The van der Waals surface area contributed by atoms with Crippen molar-refractivity contribution in [3.8, 4) is 11.6 Å². The molecule has 0 aliphatic carbocycles. The molecule has 3 rings (SSSR count). The number of aromatic nitrogens is 2. The predicted molar refractivity (Wildman–Crippen MR) is 108 cm³/mol. The van der Waals surface area contributed by atoms with Gasteiger partial charge in [0.15, 0.2) is 11.6 Å². The first kappa shape index (κ1) is 20.6. The molecule has 9 heteroatoms. The Kier molecular flexibility index (Phi) is 5.40. The van der Waals surface area contributed by atoms with E-state index < -0.39 is 13.1 Å². The number of halogens is 1. The van der Waals surface area contributed by atoms with Crippen LogP contribution in [0.25, 0.3) is 22.6 Å². The lowest BCUT2D eigenvalue weighted by Crippen LogP contribution is -2.12. The maximum atomic E-state index is 14.8. The molecule has 0 amide bonds. The lowest BCUT2D eigenvalue weighted by Gasteiger charge is -2.17. The molecule has 0 radical (unpaired) electrons. The van der Waals surface area contributed by atoms with E-state index in [0.717, 1.165) is 11.1 Å². The van der Waals surface area contributed by atoms with Crippen molar-refractivity contribution in [1.29, 1.82) is 0 Å². The second-order valence-electron chi connectivity index (χ2n) is 7.43. The molecule has 0 aliphatic heterocycles. The van der Waals surface area contributed by atoms with Crippen LogP contribution < -0.4 is 10.4 Å². The fraction of sp³-hybridized carbons (Fsp3) is 0.421. The third-order valence-corrected chi connectivity index (χ3v) is 5.31. The number of benzene rings is 1. The Morgan fingerprint density at radius 2 is 2.00 bits per heavy atom. The number of hydrogen-bond donors (Lipinski definition) is 2. The van der Waals surface area contributed by atoms with Crippen molar-refractivity contribution in [3.05, 3.63) is 29.6 Å². The minimum atomic E-state index is -4.52. The number of rotatable bonds is 6. The molecule has 0 atom stereocenters. The Labute approximate surface area is 162 Å². The van der Waals surface area contributed by atoms with Gasteiger partial charge in [-0.15, -0.1) is 0 Å². The van der Waals surface area contributed by atoms with E-state index in [2.05, 4.69) is 18.8 Å². The van der Waals surface area contributed by atoms with Crippen LogP contribution in [0.3, 0.4) is 0 Å². The SMILES string of the molecule is CCc1cc(F)c(N(C)C)c2nc(-c3ccc(P(=O)(O)O)o3)n(CC(C)C)c12. The van der Waals surface area contributed by atoms with E-state index in [0.29, 0.717) is 30.0 Å². The minimum absolute atomic E-state index is 0.238. The van der Waals surface area contributed by atoms with Crippen LogP contribution in [0, 0.1) is 11.7 Å². The van der Waals surface area contributed by atoms with Crippen LogP contribution >= 0.6 is 7.60 Å². The summed E-state index contributed by atoms with van der Waals surface area (Å²) in [6.07, 6.45) is 0.621. The van der Waals surface area contributed by atoms with Gasteiger partial charge in [-0.1, -0.05) is 20.8 Å². The third-order valence-electron chi connectivity index (χ3n) is 4.50. The van der Waals surface area contributed by atoms with Gasteiger partial charge in [0.1, 0.15) is 17.0 Å². The average molecular weight is 409 g/mol. The fourth-order valence-corrected chi connectivity index (χ4v) is 3.86. The van der Waals surface area contributed by atoms with Gasteiger partial charge < -0.3 is 23.7 Å². The first-order chi connectivity index (χ1) is 13.0. The highest BCUT2D eigenvalue weighted by Crippen LogP contribution is 2.38. The molecule has 152 valence electrons. The molecule has 0 saturated carbocycles. The van der Waals surface area contributed by atoms with Gasteiger partial charge in [0.25, 0.3) is 0 Å². The van der Waals surface area contributed by atoms with Gasteiger partial charge in [-0.2, -0.15) is 0 Å². The molecule has 0 aliphatic rings. The Bertz CT molecular complexity index is 1060. The summed E-state index contributed by atoms with van der Waals surface area (Å²) >= 11 is 0. The standard InChI is InChI=1S/C19H25FN3O4P/c1-6-12-9-13(20)18(22(4)5)16-17(12)23(10-11(2)3)19(21-16)14-7-8-15(27-14)28(24,25)26/h7-9,11H,6,10H2,1-5H3,(H2,24,25,26). The minimum Gasteiger partial charge on any atom is -0.445 e. The van der Waals surface area contributed by atoms with Crippen LogP contribution in [-0.4, -0.2) is 33.4 Å². The average Bonchev–Trinajstić information content (AvgIpc) is 3.18. The molecule has 0 unspecified atom stereocenters. The summed E-state index contributed by atoms with van der Waals surface area (Å²) < 4.78 is 33.7. The van der Waals surface area contributed by atoms with Crippen LogP contribution in [0.15, 0.2) is 22.6 Å². The molecule has 2 aromatic heterocycles. The van der Waals surface area contributed by atoms with Crippen molar-refractivity contribution in [2.75, 3.05) is 19.0 Å². The summed E-state index contributed by atoms with van der Waals surface area (Å²) in [5.74, 6) is 0.574. The predicted octanol–water partition coefficient (Wildman–Crippen LogP) is 3.52. The van der Waals surface area contributed by atoms with E-state index in [-0.39, 0.29) is 17.5 Å². The normalized spacial score (nSPS) is 12.3. The second-order valence-corrected chi connectivity index (χ2v) is 8.96. The number of fused-ring (bicyclic) bond motifs is 1. The topological polar surface area (TPSA) is 91.7 Å². The number of furan rings is 1. The molecule has 28 heavy (non-hydrogen) atoms. The van der Waals surface area contributed by atoms with Gasteiger partial charge in [0.2, 0.25) is 5.50 Å². The van der Waals surface area contributed by atoms with Gasteiger partial charge in [0, 0.05) is 20.6 Å². The molecule has 2 heterocycles. The summed E-state index contributed by atoms with van der Waals surface area (Å²) in [7, 11) is -1.01. The maximum Gasteiger partial charge on any atom is 0.391 e. The summed E-state index contributed by atoms with van der Waals surface area (Å²) in [5, 5.41) is 0. The van der Waals surface area contributed by atoms with Crippen molar-refractivity contribution >= 4 is 29.8 Å². The number of aryl methyl sites for hydroxylation is 1. The van der Waals surface area contributed by atoms with Gasteiger partial charge in [-0.3, -0.25) is 4.57 Å². The van der Waals surface area contributed by atoms with Crippen molar-refractivity contribution in [2.45, 2.75) is 33.7 Å². The lowest BCUT2D eigenvalue weighted by molar-refractivity contribution is 0.377. The highest BCUT2D eigenvalue weighted by Gasteiger charge is 2.27. The largest absolute Gasteiger partial charge is 0.445 e. The first-order valence-electron chi connectivity index (χ1n) is 9.09. The highest BCUT2D eigenvalue weighted by atomic mass is 31.2. The molecule has 0 spiro atoms. The number of anilines is 1. The van der Waals surface area contributed by atoms with E-state index in [1.807, 2.05) is 11.5 Å². The van der Waals surface area contributed by atoms with Gasteiger partial charge in [-0.25, -0.2) is 9.37 Å². The monoisotopic (exact) mass is 409 g/mol. The van der Waals surface area contributed by atoms with Gasteiger partial charge >= 0.3 is 7.60 Å². The Balaban J connectivity index is 2.38. The third kappa shape index (κ3) is 3.60. The molecule has 2 N–H and O–H groups in total. The van der Waals surface area contributed by atoms with Crippen molar-refractivity contribution < 1.29 is 23.2 Å². The van der Waals surface area contributed by atoms with Crippen molar-refractivity contribution in [2.24, 2.45) is 5.92 Å². The fourth-order valence-electron chi connectivity index (χ4n) is 3.38. The second kappa shape index (κ2) is 7.35. The molecule has 7 nitrogen and oxygen atoms in total. The van der Waals surface area contributed by atoms with E-state index >= 15 is 0 Å². The smallest absolute Gasteiger partial charge is 0.391 e. The van der Waals surface area contributed by atoms with E-state index in [1.54, 1.807) is 19.0 Å². The number of imidazole rings is 1. The first-order valence-corrected chi connectivity index (χ1v) is 10.7. The lowest BCUT2D eigenvalue weighted by atomic mass is 10.1. The van der Waals surface area contributed by atoms with Crippen LogP contribution in [0.4, 0.5) is 10.1 Å². The van der Waals surface area contributed by atoms with E-state index in [4.69, 9.17) is 4.42 Å². The Morgan fingerprint density at radius 3 is 2.50 bits per heavy atom. The summed E-state index contributed by atoms with van der Waals surface area (Å²) in [6.45, 7) is 6.67. The number of nitrogens with zero attached hydrogens (tertiary/aromatic N) is 3. The molecule has 3 aromatic rings. The summed E-state index contributed by atoms with van der Waals surface area (Å²) in [6, 6.07) is 4.27. The zero-order valence-corrected chi connectivity index (χ0v) is 17.5. The van der Waals surface area contributed by atoms with Gasteiger partial charge in [-0.05, 0) is 36.1 Å². The van der Waals surface area contributed by atoms with E-state index in [1.165, 1.54) is 18.2 Å². The Hall–Kier alpha value is -2.15. The quantitative estimate of drug-likeness (QED) is 0.606. The highest BCUT2D eigenvalue weighted by molar-refractivity contribution is 7.59. The molecule has 0 fully saturated rings. The van der Waals surface area contributed by atoms with Crippen LogP contribution in [-0.2, 0) is 17.5 Å². The molecule has 1 aromatic carbocycles. The van der Waals surface area contributed by atoms with E-state index in [9.17, 15) is 18.7 Å². The molecule has 0 bridgehead atoms. The zero-order chi connectivity index (χ0) is 20.8. The van der Waals surface area contributed by atoms with Crippen LogP contribution in [0.1, 0.15) is 26.3 Å². The Morgan fingerprint density at radius 1 is 1.32 bits per heavy atom. The zero-order valence-electron chi connectivity index (χ0n) is 16.6. The van der Waals surface area contributed by atoms with Crippen molar-refractivity contribution in [3.63, 3.8) is 0 Å². The summed E-state index contributed by atoms with van der Waals surface area (Å²) in [5.41, 5.74) is 2.09. The molecular weight excluding hydrogens is 384 g/mol. The van der Waals surface area contributed by atoms with Crippen LogP contribution in [0.2, 0.25) is 0 Å². The molecular formula is C19H25FN3O4P. The summed E-state index contributed by atoms with van der Waals surface area (Å²) in [4.78, 5) is 25.1.